The molecule has 1 aliphatic heterocycles. The number of guanidine groups is 1. The highest BCUT2D eigenvalue weighted by Gasteiger charge is 2.32. The van der Waals surface area contributed by atoms with Crippen molar-refractivity contribution in [1.82, 2.24) is 25.2 Å². The number of Topliss-reactive ketones (excluding diaryl/α,β-unsaturated/α-hetero) is 1. The van der Waals surface area contributed by atoms with Gasteiger partial charge in [-0.1, -0.05) is 19.9 Å². The molecule has 1 aliphatic rings. The summed E-state index contributed by atoms with van der Waals surface area (Å²) in [5, 5.41) is 13.2. The van der Waals surface area contributed by atoms with Crippen LogP contribution in [0.5, 0.6) is 0 Å². The van der Waals surface area contributed by atoms with E-state index in [2.05, 4.69) is 43.9 Å². The lowest BCUT2D eigenvalue weighted by atomic mass is 10.00. The zero-order chi connectivity index (χ0) is 23.4. The Labute approximate surface area is 192 Å². The first-order valence-electron chi connectivity index (χ1n) is 10.9. The Kier molecular flexibility index (Phi) is 6.45. The summed E-state index contributed by atoms with van der Waals surface area (Å²) in [5.41, 5.74) is 1.97. The first kappa shape index (κ1) is 22.1. The number of aliphatic imine (C=N–C) groups is 1. The Balaban J connectivity index is 1.64. The first-order valence-corrected chi connectivity index (χ1v) is 10.9. The topological polar surface area (TPSA) is 110 Å². The van der Waals surface area contributed by atoms with Crippen molar-refractivity contribution in [3.63, 3.8) is 0 Å². The Hall–Kier alpha value is -4.06. The number of hydrogen-bond donors (Lipinski definition) is 1. The minimum absolute atomic E-state index is 0.0840. The van der Waals surface area contributed by atoms with Crippen molar-refractivity contribution < 1.29 is 4.79 Å². The summed E-state index contributed by atoms with van der Waals surface area (Å²) in [7, 11) is 0. The predicted octanol–water partition coefficient (Wildman–Crippen LogP) is 3.13. The maximum Gasteiger partial charge on any atom is 0.213 e. The van der Waals surface area contributed by atoms with Gasteiger partial charge >= 0.3 is 0 Å². The maximum atomic E-state index is 11.5. The highest BCUT2D eigenvalue weighted by atomic mass is 16.1. The number of anilines is 1. The molecule has 0 spiro atoms. The third-order valence-corrected chi connectivity index (χ3v) is 5.80. The quantitative estimate of drug-likeness (QED) is 0.216. The number of carbonyl (C=O) groups is 1. The van der Waals surface area contributed by atoms with E-state index < -0.39 is 0 Å². The molecule has 1 saturated heterocycles. The molecule has 3 heterocycles. The number of rotatable bonds is 4. The number of hydrogen-bond acceptors (Lipinski definition) is 7. The average molecular weight is 443 g/mol. The van der Waals surface area contributed by atoms with Crippen molar-refractivity contribution in [2.24, 2.45) is 10.9 Å². The molecule has 0 aliphatic carbocycles. The minimum atomic E-state index is -0.106. The van der Waals surface area contributed by atoms with Crippen molar-refractivity contribution in [1.29, 1.82) is 5.26 Å². The van der Waals surface area contributed by atoms with Gasteiger partial charge in [-0.05, 0) is 30.2 Å². The van der Waals surface area contributed by atoms with Gasteiger partial charge in [0, 0.05) is 38.1 Å². The van der Waals surface area contributed by atoms with E-state index in [-0.39, 0.29) is 17.7 Å². The summed E-state index contributed by atoms with van der Waals surface area (Å²) >= 11 is 0. The molecule has 168 valence electrons. The highest BCUT2D eigenvalue weighted by Crippen LogP contribution is 2.26. The smallest absolute Gasteiger partial charge is 0.213 e. The van der Waals surface area contributed by atoms with Gasteiger partial charge in [0.05, 0.1) is 29.6 Å². The van der Waals surface area contributed by atoms with E-state index in [9.17, 15) is 10.1 Å². The number of nitrogens with one attached hydrogen (secondary N) is 1. The van der Waals surface area contributed by atoms with E-state index in [1.165, 1.54) is 13.1 Å². The third kappa shape index (κ3) is 4.75. The SMILES string of the molecule is CC(=O)c1cnc(N2CCN(C(=Nc3cccc4ncccc34)NC#N)C(C(C)C)C2)cn1. The molecule has 1 atom stereocenters. The van der Waals surface area contributed by atoms with E-state index in [0.29, 0.717) is 31.3 Å². The molecule has 1 aromatic carbocycles. The fraction of sp³-hybridized carbons (Fsp3) is 0.333. The number of fused-ring (bicyclic) bond motifs is 1. The summed E-state index contributed by atoms with van der Waals surface area (Å²) in [4.78, 5) is 33.8. The van der Waals surface area contributed by atoms with Gasteiger partial charge in [-0.3, -0.25) is 15.1 Å². The summed E-state index contributed by atoms with van der Waals surface area (Å²) in [6, 6.07) is 9.73. The van der Waals surface area contributed by atoms with Crippen LogP contribution in [0.25, 0.3) is 10.9 Å². The number of piperazine rings is 1. The van der Waals surface area contributed by atoms with E-state index >= 15 is 0 Å². The molecular weight excluding hydrogens is 416 g/mol. The number of aromatic nitrogens is 3. The number of benzene rings is 1. The Bertz CT molecular complexity index is 1210. The van der Waals surface area contributed by atoms with Crippen LogP contribution in [0.3, 0.4) is 0 Å². The molecule has 3 aromatic rings. The Morgan fingerprint density at radius 2 is 2.03 bits per heavy atom. The largest absolute Gasteiger partial charge is 0.351 e. The standard InChI is InChI=1S/C24H26N8O/c1-16(2)22-14-31(23-13-27-21(12-28-23)17(3)33)10-11-32(22)24(29-15-25)30-20-8-4-7-19-18(20)6-5-9-26-19/h4-9,12-13,16,22H,10-11,14H2,1-3H3,(H,29,30). The van der Waals surface area contributed by atoms with Crippen molar-refractivity contribution in [2.45, 2.75) is 26.8 Å². The van der Waals surface area contributed by atoms with Gasteiger partial charge in [-0.25, -0.2) is 15.0 Å². The summed E-state index contributed by atoms with van der Waals surface area (Å²) in [6.45, 7) is 7.80. The molecular formula is C24H26N8O. The summed E-state index contributed by atoms with van der Waals surface area (Å²) < 4.78 is 0. The van der Waals surface area contributed by atoms with Gasteiger partial charge in [0.1, 0.15) is 11.5 Å². The second kappa shape index (κ2) is 9.61. The molecule has 1 N–H and O–H groups in total. The Morgan fingerprint density at radius 3 is 2.73 bits per heavy atom. The second-order valence-corrected chi connectivity index (χ2v) is 8.29. The van der Waals surface area contributed by atoms with Crippen LogP contribution in [0, 0.1) is 17.4 Å². The molecule has 1 unspecified atom stereocenters. The van der Waals surface area contributed by atoms with Crippen molar-refractivity contribution in [3.8, 4) is 6.19 Å². The fourth-order valence-electron chi connectivity index (χ4n) is 4.03. The molecule has 2 aromatic heterocycles. The molecule has 33 heavy (non-hydrogen) atoms. The highest BCUT2D eigenvalue weighted by molar-refractivity contribution is 5.94. The lowest BCUT2D eigenvalue weighted by Gasteiger charge is -2.44. The van der Waals surface area contributed by atoms with E-state index in [1.807, 2.05) is 36.5 Å². The van der Waals surface area contributed by atoms with Crippen molar-refractivity contribution in [3.05, 3.63) is 54.6 Å². The second-order valence-electron chi connectivity index (χ2n) is 8.29. The van der Waals surface area contributed by atoms with Crippen LogP contribution in [0.15, 0.2) is 53.9 Å². The predicted molar refractivity (Wildman–Crippen MR) is 127 cm³/mol. The molecule has 4 rings (SSSR count). The van der Waals surface area contributed by atoms with Gasteiger partial charge in [0.25, 0.3) is 0 Å². The third-order valence-electron chi connectivity index (χ3n) is 5.80. The zero-order valence-corrected chi connectivity index (χ0v) is 18.9. The van der Waals surface area contributed by atoms with E-state index in [4.69, 9.17) is 4.99 Å². The van der Waals surface area contributed by atoms with Crippen LogP contribution < -0.4 is 10.2 Å². The van der Waals surface area contributed by atoms with E-state index in [1.54, 1.807) is 12.4 Å². The zero-order valence-electron chi connectivity index (χ0n) is 18.9. The van der Waals surface area contributed by atoms with Crippen LogP contribution >= 0.6 is 0 Å². The van der Waals surface area contributed by atoms with Crippen LogP contribution in [0.4, 0.5) is 11.5 Å². The molecule has 0 radical (unpaired) electrons. The lowest BCUT2D eigenvalue weighted by molar-refractivity contribution is 0.101. The number of nitrogens with zero attached hydrogens (tertiary/aromatic N) is 7. The number of ketones is 1. The van der Waals surface area contributed by atoms with Gasteiger partial charge < -0.3 is 9.80 Å². The van der Waals surface area contributed by atoms with Gasteiger partial charge in [-0.2, -0.15) is 5.26 Å². The molecule has 1 fully saturated rings. The van der Waals surface area contributed by atoms with E-state index in [0.717, 1.165) is 22.4 Å². The fourth-order valence-corrected chi connectivity index (χ4v) is 4.03. The normalized spacial score (nSPS) is 16.7. The molecule has 9 heteroatoms. The van der Waals surface area contributed by atoms with Gasteiger partial charge in [0.15, 0.2) is 12.0 Å². The number of carbonyl (C=O) groups excluding carboxylic acids is 1. The van der Waals surface area contributed by atoms with Crippen molar-refractivity contribution >= 4 is 34.2 Å². The average Bonchev–Trinajstić information content (AvgIpc) is 2.83. The summed E-state index contributed by atoms with van der Waals surface area (Å²) in [5.74, 6) is 1.44. The van der Waals surface area contributed by atoms with Gasteiger partial charge in [-0.15, -0.1) is 0 Å². The number of nitriles is 1. The molecule has 9 nitrogen and oxygen atoms in total. The molecule has 0 saturated carbocycles. The van der Waals surface area contributed by atoms with Crippen LogP contribution in [-0.4, -0.2) is 57.3 Å². The van der Waals surface area contributed by atoms with Crippen molar-refractivity contribution in [2.75, 3.05) is 24.5 Å². The van der Waals surface area contributed by atoms with Gasteiger partial charge in [0.2, 0.25) is 5.96 Å². The van der Waals surface area contributed by atoms with Crippen LogP contribution in [0.2, 0.25) is 0 Å². The first-order chi connectivity index (χ1) is 16.0. The van der Waals surface area contributed by atoms with Crippen LogP contribution in [-0.2, 0) is 0 Å². The maximum absolute atomic E-state index is 11.5. The summed E-state index contributed by atoms with van der Waals surface area (Å²) in [6.07, 6.45) is 6.97. The minimum Gasteiger partial charge on any atom is -0.351 e. The lowest BCUT2D eigenvalue weighted by Crippen LogP contribution is -2.59. The number of pyridine rings is 1. The molecule has 0 amide bonds. The monoisotopic (exact) mass is 442 g/mol. The van der Waals surface area contributed by atoms with Crippen LogP contribution in [0.1, 0.15) is 31.3 Å². The Morgan fingerprint density at radius 1 is 1.18 bits per heavy atom. The molecule has 0 bridgehead atoms.